The van der Waals surface area contributed by atoms with Gasteiger partial charge >= 0.3 is 0 Å². The fourth-order valence-electron chi connectivity index (χ4n) is 3.95. The maximum Gasteiger partial charge on any atom is 0.219 e. The minimum atomic E-state index is -0.572. The first-order chi connectivity index (χ1) is 15.3. The van der Waals surface area contributed by atoms with E-state index in [0.717, 1.165) is 37.1 Å². The van der Waals surface area contributed by atoms with Gasteiger partial charge in [0.15, 0.2) is 0 Å². The van der Waals surface area contributed by atoms with Gasteiger partial charge in [-0.15, -0.1) is 0 Å². The average Bonchev–Trinajstić information content (AvgIpc) is 3.27. The van der Waals surface area contributed by atoms with Crippen molar-refractivity contribution >= 4 is 29.1 Å². The Kier molecular flexibility index (Phi) is 6.67. The summed E-state index contributed by atoms with van der Waals surface area (Å²) in [6, 6.07) is 4.79. The Balaban J connectivity index is 1.48. The molecule has 1 aliphatic rings. The van der Waals surface area contributed by atoms with E-state index in [1.807, 2.05) is 21.8 Å². The molecule has 0 radical (unpaired) electrons. The molecule has 32 heavy (non-hydrogen) atoms. The van der Waals surface area contributed by atoms with Gasteiger partial charge in [0.05, 0.1) is 23.5 Å². The number of likely N-dealkylation sites (tertiary alicyclic amines) is 1. The molecule has 0 bridgehead atoms. The highest BCUT2D eigenvalue weighted by Crippen LogP contribution is 2.35. The molecular formula is C23H23Cl2FN4O2. The average molecular weight is 477 g/mol. The van der Waals surface area contributed by atoms with Crippen LogP contribution in [0.4, 0.5) is 4.39 Å². The van der Waals surface area contributed by atoms with Crippen LogP contribution in [-0.2, 0) is 4.79 Å². The molecule has 0 aliphatic carbocycles. The monoisotopic (exact) mass is 476 g/mol. The summed E-state index contributed by atoms with van der Waals surface area (Å²) in [5.74, 6) is 0.0754. The molecule has 0 saturated carbocycles. The molecule has 1 saturated heterocycles. The molecule has 1 atom stereocenters. The second-order valence-electron chi connectivity index (χ2n) is 7.87. The second-order valence-corrected chi connectivity index (χ2v) is 8.66. The van der Waals surface area contributed by atoms with Crippen molar-refractivity contribution in [2.75, 3.05) is 13.1 Å². The lowest BCUT2D eigenvalue weighted by molar-refractivity contribution is -0.130. The van der Waals surface area contributed by atoms with Crippen LogP contribution < -0.4 is 4.74 Å². The van der Waals surface area contributed by atoms with Gasteiger partial charge in [-0.3, -0.25) is 14.5 Å². The fourth-order valence-corrected chi connectivity index (χ4v) is 4.63. The number of amides is 1. The van der Waals surface area contributed by atoms with E-state index in [9.17, 15) is 9.18 Å². The number of ether oxygens (including phenoxy) is 1. The van der Waals surface area contributed by atoms with Gasteiger partial charge in [0.2, 0.25) is 5.91 Å². The summed E-state index contributed by atoms with van der Waals surface area (Å²) in [6.45, 7) is 4.84. The van der Waals surface area contributed by atoms with Crippen molar-refractivity contribution in [3.63, 3.8) is 0 Å². The fraction of sp³-hybridized carbons (Fsp3) is 0.348. The standard InChI is InChI=1S/C23H23Cl2FN4O2/c1-14(22-20(24)3-4-21(26)23(22)25)32-19-9-16(10-27-12-19)17-11-28-30(13-17)18-5-7-29(8-6-18)15(2)31/h3-4,9-14,18H,5-8H2,1-2H3/t14-/m1/s1. The number of halogens is 3. The molecule has 1 aromatic carbocycles. The van der Waals surface area contributed by atoms with Crippen LogP contribution in [0.15, 0.2) is 43.0 Å². The van der Waals surface area contributed by atoms with E-state index in [2.05, 4.69) is 10.1 Å². The molecule has 4 rings (SSSR count). The van der Waals surface area contributed by atoms with Gasteiger partial charge < -0.3 is 9.64 Å². The van der Waals surface area contributed by atoms with E-state index in [1.54, 1.807) is 32.4 Å². The van der Waals surface area contributed by atoms with Crippen molar-refractivity contribution in [1.29, 1.82) is 0 Å². The molecule has 3 heterocycles. The normalized spacial score (nSPS) is 15.6. The first-order valence-electron chi connectivity index (χ1n) is 10.4. The maximum atomic E-state index is 13.9. The Bertz CT molecular complexity index is 1130. The van der Waals surface area contributed by atoms with E-state index in [-0.39, 0.29) is 17.0 Å². The topological polar surface area (TPSA) is 60.2 Å². The van der Waals surface area contributed by atoms with Crippen molar-refractivity contribution in [1.82, 2.24) is 19.7 Å². The molecule has 0 N–H and O–H groups in total. The minimum Gasteiger partial charge on any atom is -0.484 e. The maximum absolute atomic E-state index is 13.9. The van der Waals surface area contributed by atoms with Gasteiger partial charge in [0.1, 0.15) is 17.7 Å². The van der Waals surface area contributed by atoms with E-state index in [1.165, 1.54) is 12.1 Å². The molecule has 2 aromatic heterocycles. The molecule has 1 fully saturated rings. The van der Waals surface area contributed by atoms with Crippen LogP contribution in [-0.4, -0.2) is 38.7 Å². The number of carbonyl (C=O) groups excluding carboxylic acids is 1. The summed E-state index contributed by atoms with van der Waals surface area (Å²) in [4.78, 5) is 17.7. The molecule has 1 amide bonds. The first kappa shape index (κ1) is 22.6. The van der Waals surface area contributed by atoms with Crippen LogP contribution in [0.1, 0.15) is 44.4 Å². The molecular weight excluding hydrogens is 454 g/mol. The van der Waals surface area contributed by atoms with Crippen molar-refractivity contribution in [3.05, 3.63) is 64.4 Å². The Hall–Kier alpha value is -2.64. The first-order valence-corrected chi connectivity index (χ1v) is 11.1. The summed E-state index contributed by atoms with van der Waals surface area (Å²) in [5.41, 5.74) is 2.15. The highest BCUT2D eigenvalue weighted by atomic mass is 35.5. The number of carbonyl (C=O) groups is 1. The minimum absolute atomic E-state index is 0.0498. The van der Waals surface area contributed by atoms with Crippen molar-refractivity contribution in [2.24, 2.45) is 0 Å². The lowest BCUT2D eigenvalue weighted by Gasteiger charge is -2.31. The van der Waals surface area contributed by atoms with Crippen LogP contribution >= 0.6 is 23.2 Å². The highest BCUT2D eigenvalue weighted by molar-refractivity contribution is 6.36. The zero-order chi connectivity index (χ0) is 22.8. The van der Waals surface area contributed by atoms with E-state index in [4.69, 9.17) is 27.9 Å². The molecule has 6 nitrogen and oxygen atoms in total. The predicted molar refractivity (Wildman–Crippen MR) is 121 cm³/mol. The number of aromatic nitrogens is 3. The molecule has 1 aliphatic heterocycles. The predicted octanol–water partition coefficient (Wildman–Crippen LogP) is 5.71. The zero-order valence-corrected chi connectivity index (χ0v) is 19.3. The van der Waals surface area contributed by atoms with Crippen molar-refractivity contribution in [2.45, 2.75) is 38.8 Å². The van der Waals surface area contributed by atoms with Crippen LogP contribution in [0.5, 0.6) is 5.75 Å². The Morgan fingerprint density at radius 2 is 1.94 bits per heavy atom. The van der Waals surface area contributed by atoms with Gasteiger partial charge in [0, 0.05) is 54.1 Å². The van der Waals surface area contributed by atoms with Gasteiger partial charge in [-0.2, -0.15) is 5.10 Å². The molecule has 0 spiro atoms. The zero-order valence-electron chi connectivity index (χ0n) is 17.8. The van der Waals surface area contributed by atoms with Crippen molar-refractivity contribution < 1.29 is 13.9 Å². The van der Waals surface area contributed by atoms with Gasteiger partial charge in [0.25, 0.3) is 0 Å². The van der Waals surface area contributed by atoms with E-state index < -0.39 is 11.9 Å². The quantitative estimate of drug-likeness (QED) is 0.442. The van der Waals surface area contributed by atoms with Gasteiger partial charge in [-0.25, -0.2) is 4.39 Å². The number of benzene rings is 1. The third kappa shape index (κ3) is 4.74. The highest BCUT2D eigenvalue weighted by Gasteiger charge is 2.23. The third-order valence-corrected chi connectivity index (χ3v) is 6.44. The van der Waals surface area contributed by atoms with Gasteiger partial charge in [-0.05, 0) is 38.0 Å². The number of rotatable bonds is 5. The number of nitrogens with zero attached hydrogens (tertiary/aromatic N) is 4. The summed E-state index contributed by atoms with van der Waals surface area (Å²) in [5, 5.41) is 4.81. The Labute approximate surface area is 195 Å². The largest absolute Gasteiger partial charge is 0.484 e. The number of piperidine rings is 1. The number of hydrogen-bond acceptors (Lipinski definition) is 4. The lowest BCUT2D eigenvalue weighted by atomic mass is 10.1. The summed E-state index contributed by atoms with van der Waals surface area (Å²) < 4.78 is 21.8. The van der Waals surface area contributed by atoms with Crippen LogP contribution in [0.2, 0.25) is 10.0 Å². The second kappa shape index (κ2) is 9.46. The Morgan fingerprint density at radius 3 is 2.66 bits per heavy atom. The number of pyridine rings is 1. The van der Waals surface area contributed by atoms with E-state index >= 15 is 0 Å². The summed E-state index contributed by atoms with van der Waals surface area (Å²) in [6.07, 6.45) is 8.27. The SMILES string of the molecule is CC(=O)N1CCC(n2cc(-c3cncc(O[C@H](C)c4c(Cl)ccc(F)c4Cl)c3)cn2)CC1. The van der Waals surface area contributed by atoms with Crippen LogP contribution in [0.25, 0.3) is 11.1 Å². The Morgan fingerprint density at radius 1 is 1.19 bits per heavy atom. The molecule has 9 heteroatoms. The van der Waals surface area contributed by atoms with Crippen LogP contribution in [0, 0.1) is 5.82 Å². The summed E-state index contributed by atoms with van der Waals surface area (Å²) >= 11 is 12.3. The number of hydrogen-bond donors (Lipinski definition) is 0. The lowest BCUT2D eigenvalue weighted by Crippen LogP contribution is -2.37. The molecule has 168 valence electrons. The van der Waals surface area contributed by atoms with Gasteiger partial charge in [-0.1, -0.05) is 23.2 Å². The summed E-state index contributed by atoms with van der Waals surface area (Å²) in [7, 11) is 0. The molecule has 0 unspecified atom stereocenters. The molecule has 3 aromatic rings. The van der Waals surface area contributed by atoms with Crippen molar-refractivity contribution in [3.8, 4) is 16.9 Å². The van der Waals surface area contributed by atoms with Crippen LogP contribution in [0.3, 0.4) is 0 Å². The van der Waals surface area contributed by atoms with E-state index in [0.29, 0.717) is 16.3 Å². The smallest absolute Gasteiger partial charge is 0.219 e. The third-order valence-electron chi connectivity index (χ3n) is 5.73.